The molecule has 124 valence electrons. The molecule has 23 heavy (non-hydrogen) atoms. The van der Waals surface area contributed by atoms with Crippen LogP contribution in [0.2, 0.25) is 0 Å². The van der Waals surface area contributed by atoms with E-state index in [-0.39, 0.29) is 18.9 Å². The van der Waals surface area contributed by atoms with E-state index in [9.17, 15) is 19.7 Å². The summed E-state index contributed by atoms with van der Waals surface area (Å²) in [5.74, 6) is -2.76. The third-order valence-electron chi connectivity index (χ3n) is 2.93. The van der Waals surface area contributed by atoms with E-state index in [0.717, 1.165) is 5.56 Å². The second kappa shape index (κ2) is 8.67. The highest BCUT2D eigenvalue weighted by molar-refractivity contribution is 5.97. The van der Waals surface area contributed by atoms with Crippen LogP contribution < -0.4 is 0 Å². The molecule has 0 heterocycles. The second-order valence-corrected chi connectivity index (χ2v) is 4.66. The Kier molecular flexibility index (Phi) is 6.92. The molecule has 0 aliphatic rings. The highest BCUT2D eigenvalue weighted by Gasteiger charge is 2.27. The first kappa shape index (κ1) is 18.3. The second-order valence-electron chi connectivity index (χ2n) is 4.66. The minimum absolute atomic E-state index is 0.113. The summed E-state index contributed by atoms with van der Waals surface area (Å²) in [6, 6.07) is 4.59. The Morgan fingerprint density at radius 3 is 2.26 bits per heavy atom. The van der Waals surface area contributed by atoms with Gasteiger partial charge in [0.05, 0.1) is 23.7 Å². The van der Waals surface area contributed by atoms with Crippen molar-refractivity contribution in [1.29, 1.82) is 0 Å². The van der Waals surface area contributed by atoms with Gasteiger partial charge in [0.15, 0.2) is 5.92 Å². The Labute approximate surface area is 134 Å². The van der Waals surface area contributed by atoms with Gasteiger partial charge in [0, 0.05) is 6.07 Å². The summed E-state index contributed by atoms with van der Waals surface area (Å²) in [6.07, 6.45) is 2.63. The third-order valence-corrected chi connectivity index (χ3v) is 2.93. The molecular weight excluding hydrogens is 302 g/mol. The van der Waals surface area contributed by atoms with Crippen LogP contribution in [0.3, 0.4) is 0 Å². The van der Waals surface area contributed by atoms with E-state index < -0.39 is 22.8 Å². The summed E-state index contributed by atoms with van der Waals surface area (Å²) in [5.41, 5.74) is 1.01. The predicted molar refractivity (Wildman–Crippen MR) is 83.6 cm³/mol. The van der Waals surface area contributed by atoms with E-state index in [4.69, 9.17) is 9.47 Å². The van der Waals surface area contributed by atoms with Gasteiger partial charge in [0.1, 0.15) is 0 Å². The zero-order valence-electron chi connectivity index (χ0n) is 13.3. The molecular formula is C16H19NO6. The summed E-state index contributed by atoms with van der Waals surface area (Å²) in [6.45, 7) is 5.26. The number of rotatable bonds is 7. The molecule has 0 saturated carbocycles. The Hall–Kier alpha value is -2.70. The minimum atomic E-state index is -1.25. The first-order valence-electron chi connectivity index (χ1n) is 7.17. The lowest BCUT2D eigenvalue weighted by Gasteiger charge is -2.10. The van der Waals surface area contributed by atoms with E-state index in [1.807, 2.05) is 0 Å². The maximum Gasteiger partial charge on any atom is 0.324 e. The van der Waals surface area contributed by atoms with Crippen molar-refractivity contribution < 1.29 is 24.0 Å². The molecule has 0 amide bonds. The number of carbonyl (C=O) groups is 2. The van der Waals surface area contributed by atoms with E-state index in [1.54, 1.807) is 32.9 Å². The van der Waals surface area contributed by atoms with E-state index in [1.165, 1.54) is 18.2 Å². The van der Waals surface area contributed by atoms with Crippen molar-refractivity contribution in [2.24, 2.45) is 5.92 Å². The van der Waals surface area contributed by atoms with Gasteiger partial charge in [-0.25, -0.2) is 0 Å². The Balaban J connectivity index is 3.14. The highest BCUT2D eigenvalue weighted by Crippen LogP contribution is 2.22. The molecule has 0 aliphatic heterocycles. The van der Waals surface area contributed by atoms with Crippen LogP contribution in [0, 0.1) is 23.0 Å². The molecule has 7 heteroatoms. The summed E-state index contributed by atoms with van der Waals surface area (Å²) in [4.78, 5) is 34.2. The van der Waals surface area contributed by atoms with Crippen LogP contribution in [-0.4, -0.2) is 30.1 Å². The molecule has 0 spiro atoms. The third kappa shape index (κ3) is 5.21. The first-order valence-corrected chi connectivity index (χ1v) is 7.17. The quantitative estimate of drug-likeness (QED) is 0.331. The van der Waals surface area contributed by atoms with Crippen LogP contribution in [0.1, 0.15) is 25.0 Å². The number of ether oxygens (including phenoxy) is 2. The minimum Gasteiger partial charge on any atom is -0.465 e. The molecule has 0 unspecified atom stereocenters. The number of benzene rings is 1. The number of carbonyl (C=O) groups excluding carboxylic acids is 2. The van der Waals surface area contributed by atoms with Gasteiger partial charge in [-0.3, -0.25) is 19.7 Å². The molecule has 0 aromatic heterocycles. The lowest BCUT2D eigenvalue weighted by molar-refractivity contribution is -0.385. The van der Waals surface area contributed by atoms with Crippen LogP contribution in [0.5, 0.6) is 0 Å². The number of hydrogen-bond donors (Lipinski definition) is 0. The molecule has 1 aromatic rings. The SMILES string of the molecule is CCOC(=O)C(C=Cc1cc(C)ccc1[N+](=O)[O-])C(=O)OCC. The standard InChI is InChI=1S/C16H19NO6/c1-4-22-15(18)13(16(19)23-5-2)8-7-12-10-11(3)6-9-14(12)17(20)21/h6-10,13H,4-5H2,1-3H3. The number of hydrogen-bond acceptors (Lipinski definition) is 6. The lowest BCUT2D eigenvalue weighted by atomic mass is 10.0. The molecule has 0 aliphatic carbocycles. The average Bonchev–Trinajstić information content (AvgIpc) is 2.47. The number of nitrogens with zero attached hydrogens (tertiary/aromatic N) is 1. The molecule has 0 fully saturated rings. The molecule has 1 aromatic carbocycles. The number of esters is 2. The fraction of sp³-hybridized carbons (Fsp3) is 0.375. The van der Waals surface area contributed by atoms with Gasteiger partial charge < -0.3 is 9.47 Å². The van der Waals surface area contributed by atoms with Crippen molar-refractivity contribution in [1.82, 2.24) is 0 Å². The maximum absolute atomic E-state index is 11.9. The van der Waals surface area contributed by atoms with Gasteiger partial charge >= 0.3 is 11.9 Å². The van der Waals surface area contributed by atoms with E-state index >= 15 is 0 Å². The van der Waals surface area contributed by atoms with Crippen LogP contribution in [-0.2, 0) is 19.1 Å². The fourth-order valence-corrected chi connectivity index (χ4v) is 1.89. The number of aryl methyl sites for hydroxylation is 1. The summed E-state index contributed by atoms with van der Waals surface area (Å²) in [5, 5.41) is 11.0. The molecule has 0 radical (unpaired) electrons. The number of nitro benzene ring substituents is 1. The molecule has 0 saturated heterocycles. The van der Waals surface area contributed by atoms with Crippen molar-refractivity contribution in [2.45, 2.75) is 20.8 Å². The van der Waals surface area contributed by atoms with Crippen molar-refractivity contribution in [3.63, 3.8) is 0 Å². The maximum atomic E-state index is 11.9. The van der Waals surface area contributed by atoms with Crippen LogP contribution in [0.25, 0.3) is 6.08 Å². The average molecular weight is 321 g/mol. The van der Waals surface area contributed by atoms with Crippen molar-refractivity contribution in [3.8, 4) is 0 Å². The summed E-state index contributed by atoms with van der Waals surface area (Å²) >= 11 is 0. The molecule has 0 atom stereocenters. The monoisotopic (exact) mass is 321 g/mol. The summed E-state index contributed by atoms with van der Waals surface area (Å²) in [7, 11) is 0. The van der Waals surface area contributed by atoms with Crippen LogP contribution >= 0.6 is 0 Å². The Bertz CT molecular complexity index is 605. The largest absolute Gasteiger partial charge is 0.465 e. The predicted octanol–water partition coefficient (Wildman–Crippen LogP) is 2.66. The molecule has 0 bridgehead atoms. The topological polar surface area (TPSA) is 95.7 Å². The Morgan fingerprint density at radius 2 is 1.78 bits per heavy atom. The van der Waals surface area contributed by atoms with Gasteiger partial charge in [-0.15, -0.1) is 0 Å². The fourth-order valence-electron chi connectivity index (χ4n) is 1.89. The normalized spacial score (nSPS) is 10.8. The van der Waals surface area contributed by atoms with Gasteiger partial charge in [0.2, 0.25) is 0 Å². The number of nitro groups is 1. The molecule has 1 rings (SSSR count). The Morgan fingerprint density at radius 1 is 1.22 bits per heavy atom. The van der Waals surface area contributed by atoms with E-state index in [0.29, 0.717) is 5.56 Å². The van der Waals surface area contributed by atoms with E-state index in [2.05, 4.69) is 0 Å². The zero-order valence-corrected chi connectivity index (χ0v) is 13.3. The molecule has 7 nitrogen and oxygen atoms in total. The smallest absolute Gasteiger partial charge is 0.324 e. The first-order chi connectivity index (χ1) is 10.9. The van der Waals surface area contributed by atoms with Crippen LogP contribution in [0.15, 0.2) is 24.3 Å². The molecule has 0 N–H and O–H groups in total. The van der Waals surface area contributed by atoms with Crippen LogP contribution in [0.4, 0.5) is 5.69 Å². The van der Waals surface area contributed by atoms with Gasteiger partial charge in [0.25, 0.3) is 5.69 Å². The summed E-state index contributed by atoms with van der Waals surface area (Å²) < 4.78 is 9.67. The highest BCUT2D eigenvalue weighted by atomic mass is 16.6. The zero-order chi connectivity index (χ0) is 17.4. The van der Waals surface area contributed by atoms with Gasteiger partial charge in [-0.05, 0) is 26.8 Å². The van der Waals surface area contributed by atoms with Gasteiger partial charge in [-0.1, -0.05) is 23.8 Å². The lowest BCUT2D eigenvalue weighted by Crippen LogP contribution is -2.26. The van der Waals surface area contributed by atoms with Crippen molar-refractivity contribution >= 4 is 23.7 Å². The van der Waals surface area contributed by atoms with Crippen molar-refractivity contribution in [3.05, 3.63) is 45.5 Å². The van der Waals surface area contributed by atoms with Gasteiger partial charge in [-0.2, -0.15) is 0 Å². The van der Waals surface area contributed by atoms with Crippen molar-refractivity contribution in [2.75, 3.05) is 13.2 Å².